The van der Waals surface area contributed by atoms with Crippen LogP contribution in [0.15, 0.2) is 9.98 Å². The SMILES string of the molecule is CC(C)C1=NC=NC12CCCC2. The first-order valence-electron chi connectivity index (χ1n) is 4.86. The molecule has 12 heavy (non-hydrogen) atoms. The molecule has 1 spiro atoms. The van der Waals surface area contributed by atoms with E-state index in [1.54, 1.807) is 6.34 Å². The van der Waals surface area contributed by atoms with Crippen LogP contribution in [0.3, 0.4) is 0 Å². The van der Waals surface area contributed by atoms with Gasteiger partial charge in [-0.3, -0.25) is 4.99 Å². The second-order valence-corrected chi connectivity index (χ2v) is 4.15. The molecule has 1 heterocycles. The lowest BCUT2D eigenvalue weighted by atomic mass is 9.86. The maximum atomic E-state index is 4.54. The minimum atomic E-state index is 0.147. The van der Waals surface area contributed by atoms with Gasteiger partial charge in [-0.1, -0.05) is 26.7 Å². The average molecular weight is 164 g/mol. The second kappa shape index (κ2) is 2.68. The molecule has 0 bridgehead atoms. The Kier molecular flexibility index (Phi) is 1.78. The van der Waals surface area contributed by atoms with Crippen LogP contribution in [-0.4, -0.2) is 17.6 Å². The predicted molar refractivity (Wildman–Crippen MR) is 52.0 cm³/mol. The van der Waals surface area contributed by atoms with E-state index in [-0.39, 0.29) is 5.54 Å². The lowest BCUT2D eigenvalue weighted by Crippen LogP contribution is -2.34. The molecule has 0 amide bonds. The fraction of sp³-hybridized carbons (Fsp3) is 0.800. The van der Waals surface area contributed by atoms with Gasteiger partial charge in [0.15, 0.2) is 0 Å². The third kappa shape index (κ3) is 1.01. The Morgan fingerprint density at radius 3 is 2.58 bits per heavy atom. The van der Waals surface area contributed by atoms with Crippen LogP contribution in [0.2, 0.25) is 0 Å². The van der Waals surface area contributed by atoms with E-state index in [4.69, 9.17) is 0 Å². The molecule has 2 aliphatic rings. The number of hydrogen-bond acceptors (Lipinski definition) is 2. The third-order valence-electron chi connectivity index (χ3n) is 2.96. The molecule has 0 radical (unpaired) electrons. The maximum absolute atomic E-state index is 4.54. The van der Waals surface area contributed by atoms with Crippen molar-refractivity contribution in [2.75, 3.05) is 0 Å². The molecule has 0 atom stereocenters. The Morgan fingerprint density at radius 2 is 2.00 bits per heavy atom. The van der Waals surface area contributed by atoms with E-state index >= 15 is 0 Å². The molecule has 0 N–H and O–H groups in total. The Labute approximate surface area is 73.8 Å². The molecule has 1 fully saturated rings. The van der Waals surface area contributed by atoms with Crippen LogP contribution in [-0.2, 0) is 0 Å². The van der Waals surface area contributed by atoms with Gasteiger partial charge in [0, 0.05) is 5.71 Å². The van der Waals surface area contributed by atoms with Gasteiger partial charge >= 0.3 is 0 Å². The molecule has 0 aromatic rings. The highest BCUT2D eigenvalue weighted by Crippen LogP contribution is 2.38. The van der Waals surface area contributed by atoms with Crippen molar-refractivity contribution >= 4 is 12.1 Å². The van der Waals surface area contributed by atoms with Crippen molar-refractivity contribution in [3.63, 3.8) is 0 Å². The van der Waals surface area contributed by atoms with Crippen molar-refractivity contribution in [3.8, 4) is 0 Å². The van der Waals surface area contributed by atoms with Crippen molar-refractivity contribution < 1.29 is 0 Å². The fourth-order valence-corrected chi connectivity index (χ4v) is 2.42. The smallest absolute Gasteiger partial charge is 0.111 e. The summed E-state index contributed by atoms with van der Waals surface area (Å²) in [7, 11) is 0. The summed E-state index contributed by atoms with van der Waals surface area (Å²) in [6.07, 6.45) is 6.85. The number of nitrogens with zero attached hydrogens (tertiary/aromatic N) is 2. The molecule has 2 heteroatoms. The van der Waals surface area contributed by atoms with Gasteiger partial charge in [-0.05, 0) is 18.8 Å². The highest BCUT2D eigenvalue weighted by atomic mass is 15.0. The first kappa shape index (κ1) is 7.96. The molecule has 0 aromatic carbocycles. The first-order valence-corrected chi connectivity index (χ1v) is 4.86. The van der Waals surface area contributed by atoms with Crippen LogP contribution in [0.25, 0.3) is 0 Å². The van der Waals surface area contributed by atoms with Gasteiger partial charge in [0.1, 0.15) is 11.9 Å². The number of aliphatic imine (C=N–C) groups is 2. The van der Waals surface area contributed by atoms with Crippen LogP contribution >= 0.6 is 0 Å². The normalized spacial score (nSPS) is 25.8. The van der Waals surface area contributed by atoms with Crippen molar-refractivity contribution in [1.82, 2.24) is 0 Å². The van der Waals surface area contributed by atoms with Crippen LogP contribution in [0, 0.1) is 5.92 Å². The average Bonchev–Trinajstić information content (AvgIpc) is 2.61. The van der Waals surface area contributed by atoms with Crippen LogP contribution in [0.5, 0.6) is 0 Å². The molecule has 2 rings (SSSR count). The molecular formula is C10H16N2. The first-order chi connectivity index (χ1) is 5.75. The van der Waals surface area contributed by atoms with Crippen molar-refractivity contribution in [3.05, 3.63) is 0 Å². The number of hydrogen-bond donors (Lipinski definition) is 0. The Morgan fingerprint density at radius 1 is 1.33 bits per heavy atom. The number of rotatable bonds is 1. The van der Waals surface area contributed by atoms with Gasteiger partial charge in [-0.25, -0.2) is 4.99 Å². The van der Waals surface area contributed by atoms with E-state index in [1.807, 2.05) is 0 Å². The predicted octanol–water partition coefficient (Wildman–Crippen LogP) is 2.44. The second-order valence-electron chi connectivity index (χ2n) is 4.15. The summed E-state index contributed by atoms with van der Waals surface area (Å²) in [6, 6.07) is 0. The maximum Gasteiger partial charge on any atom is 0.111 e. The molecule has 1 saturated carbocycles. The zero-order valence-electron chi connectivity index (χ0n) is 7.88. The van der Waals surface area contributed by atoms with Gasteiger partial charge in [0.2, 0.25) is 0 Å². The van der Waals surface area contributed by atoms with E-state index in [0.29, 0.717) is 5.92 Å². The van der Waals surface area contributed by atoms with E-state index in [9.17, 15) is 0 Å². The summed E-state index contributed by atoms with van der Waals surface area (Å²) in [5.74, 6) is 0.561. The van der Waals surface area contributed by atoms with E-state index in [1.165, 1.54) is 31.4 Å². The van der Waals surface area contributed by atoms with E-state index < -0.39 is 0 Å². The van der Waals surface area contributed by atoms with E-state index in [0.717, 1.165) is 0 Å². The van der Waals surface area contributed by atoms with Gasteiger partial charge in [-0.2, -0.15) is 0 Å². The molecule has 0 unspecified atom stereocenters. The van der Waals surface area contributed by atoms with Crippen molar-refractivity contribution in [2.45, 2.75) is 45.1 Å². The van der Waals surface area contributed by atoms with Crippen LogP contribution in [0.1, 0.15) is 39.5 Å². The van der Waals surface area contributed by atoms with Crippen molar-refractivity contribution in [2.24, 2.45) is 15.9 Å². The molecule has 2 nitrogen and oxygen atoms in total. The highest BCUT2D eigenvalue weighted by Gasteiger charge is 2.41. The minimum Gasteiger partial charge on any atom is -0.261 e. The lowest BCUT2D eigenvalue weighted by molar-refractivity contribution is 0.576. The highest BCUT2D eigenvalue weighted by molar-refractivity contribution is 6.03. The molecule has 66 valence electrons. The zero-order valence-corrected chi connectivity index (χ0v) is 7.88. The fourth-order valence-electron chi connectivity index (χ4n) is 2.42. The summed E-state index contributed by atoms with van der Waals surface area (Å²) in [5, 5.41) is 0. The van der Waals surface area contributed by atoms with Gasteiger partial charge in [-0.15, -0.1) is 0 Å². The Hall–Kier alpha value is -0.660. The third-order valence-corrected chi connectivity index (χ3v) is 2.96. The minimum absolute atomic E-state index is 0.147. The molecular weight excluding hydrogens is 148 g/mol. The van der Waals surface area contributed by atoms with Gasteiger partial charge in [0.05, 0.1) is 0 Å². The van der Waals surface area contributed by atoms with Crippen LogP contribution < -0.4 is 0 Å². The molecule has 0 saturated heterocycles. The van der Waals surface area contributed by atoms with Gasteiger partial charge < -0.3 is 0 Å². The summed E-state index contributed by atoms with van der Waals surface area (Å²) < 4.78 is 0. The van der Waals surface area contributed by atoms with E-state index in [2.05, 4.69) is 23.8 Å². The molecule has 0 aromatic heterocycles. The molecule has 1 aliphatic heterocycles. The quantitative estimate of drug-likeness (QED) is 0.568. The largest absolute Gasteiger partial charge is 0.261 e. The Bertz CT molecular complexity index is 232. The monoisotopic (exact) mass is 164 g/mol. The summed E-state index contributed by atoms with van der Waals surface area (Å²) >= 11 is 0. The Balaban J connectivity index is 2.25. The summed E-state index contributed by atoms with van der Waals surface area (Å²) in [5.41, 5.74) is 1.47. The summed E-state index contributed by atoms with van der Waals surface area (Å²) in [4.78, 5) is 8.94. The topological polar surface area (TPSA) is 24.7 Å². The van der Waals surface area contributed by atoms with Crippen LogP contribution in [0.4, 0.5) is 0 Å². The molecule has 1 aliphatic carbocycles. The lowest BCUT2D eigenvalue weighted by Gasteiger charge is -2.24. The van der Waals surface area contributed by atoms with Crippen molar-refractivity contribution in [1.29, 1.82) is 0 Å². The summed E-state index contributed by atoms with van der Waals surface area (Å²) in [6.45, 7) is 4.43. The van der Waals surface area contributed by atoms with Gasteiger partial charge in [0.25, 0.3) is 0 Å². The zero-order chi connectivity index (χ0) is 8.60. The standard InChI is InChI=1S/C10H16N2/c1-8(2)9-10(12-7-11-9)5-3-4-6-10/h7-8H,3-6H2,1-2H3.